The van der Waals surface area contributed by atoms with Crippen molar-refractivity contribution in [1.29, 1.82) is 0 Å². The molecule has 12 nitrogen and oxygen atoms in total. The fourth-order valence-corrected chi connectivity index (χ4v) is 6.16. The number of amides is 4. The van der Waals surface area contributed by atoms with Crippen molar-refractivity contribution in [2.75, 3.05) is 13.1 Å². The van der Waals surface area contributed by atoms with Crippen molar-refractivity contribution >= 4 is 45.8 Å². The number of carboxylic acid groups (broad SMARTS) is 2. The second kappa shape index (κ2) is 19.2. The Morgan fingerprint density at radius 3 is 1.27 bits per heavy atom. The Bertz CT molecular complexity index is 1510. The lowest BCUT2D eigenvalue weighted by molar-refractivity contribution is -0.123. The lowest BCUT2D eigenvalue weighted by atomic mass is 10.0. The van der Waals surface area contributed by atoms with Gasteiger partial charge in [0.25, 0.3) is 0 Å². The molecule has 2 aromatic carbocycles. The molecule has 48 heavy (non-hydrogen) atoms. The summed E-state index contributed by atoms with van der Waals surface area (Å²) in [6.45, 7) is 1.27. The van der Waals surface area contributed by atoms with Crippen molar-refractivity contribution in [3.8, 4) is 0 Å². The van der Waals surface area contributed by atoms with E-state index in [2.05, 4.69) is 20.6 Å². The maximum atomic E-state index is 12.5. The first-order valence-corrected chi connectivity index (χ1v) is 17.0. The molecule has 2 atom stereocenters. The average molecular weight is 661 g/mol. The Morgan fingerprint density at radius 1 is 0.542 bits per heavy atom. The summed E-state index contributed by atoms with van der Waals surface area (Å²) in [7, 11) is 0. The third kappa shape index (κ3) is 11.5. The van der Waals surface area contributed by atoms with E-state index < -0.39 is 36.1 Å². The van der Waals surface area contributed by atoms with E-state index in [1.807, 2.05) is 71.6 Å². The second-order valence-corrected chi connectivity index (χ2v) is 12.3. The first-order valence-electron chi connectivity index (χ1n) is 17.0. The predicted octanol–water partition coefficient (Wildman–Crippen LogP) is 5.84. The van der Waals surface area contributed by atoms with Crippen LogP contribution in [0.4, 0.5) is 9.59 Å². The molecule has 258 valence electrons. The summed E-state index contributed by atoms with van der Waals surface area (Å²) in [5, 5.41) is 30.6. The maximum absolute atomic E-state index is 12.5. The summed E-state index contributed by atoms with van der Waals surface area (Å²) >= 11 is 0. The molecular weight excluding hydrogens is 612 g/mol. The van der Waals surface area contributed by atoms with E-state index in [4.69, 9.17) is 10.2 Å². The minimum Gasteiger partial charge on any atom is -0.465 e. The Labute approximate surface area is 280 Å². The lowest BCUT2D eigenvalue weighted by Crippen LogP contribution is -2.47. The Hall–Kier alpha value is -4.68. The average Bonchev–Trinajstić information content (AvgIpc) is 3.67. The zero-order valence-corrected chi connectivity index (χ0v) is 27.4. The van der Waals surface area contributed by atoms with Gasteiger partial charge < -0.3 is 30.8 Å². The predicted molar refractivity (Wildman–Crippen MR) is 186 cm³/mol. The van der Waals surface area contributed by atoms with E-state index in [0.29, 0.717) is 25.9 Å². The van der Waals surface area contributed by atoms with Crippen molar-refractivity contribution < 1.29 is 29.4 Å². The van der Waals surface area contributed by atoms with Crippen LogP contribution in [0.2, 0.25) is 0 Å². The molecule has 2 aromatic heterocycles. The topological polar surface area (TPSA) is 188 Å². The van der Waals surface area contributed by atoms with Crippen molar-refractivity contribution in [3.63, 3.8) is 0 Å². The number of H-pyrrole nitrogens is 2. The molecule has 0 aliphatic carbocycles. The highest BCUT2D eigenvalue weighted by Crippen LogP contribution is 2.20. The van der Waals surface area contributed by atoms with Crippen LogP contribution in [0.5, 0.6) is 0 Å². The fourth-order valence-electron chi connectivity index (χ4n) is 6.16. The van der Waals surface area contributed by atoms with E-state index in [9.17, 15) is 19.2 Å². The molecule has 0 radical (unpaired) electrons. The van der Waals surface area contributed by atoms with Crippen LogP contribution in [0.15, 0.2) is 60.9 Å². The van der Waals surface area contributed by atoms with Gasteiger partial charge in [-0.1, -0.05) is 87.8 Å². The molecule has 12 heteroatoms. The van der Waals surface area contributed by atoms with Crippen LogP contribution >= 0.6 is 0 Å². The molecule has 0 aliphatic heterocycles. The first kappa shape index (κ1) is 36.2. The molecule has 0 saturated heterocycles. The van der Waals surface area contributed by atoms with Crippen molar-refractivity contribution in [2.45, 2.75) is 89.1 Å². The van der Waals surface area contributed by atoms with Crippen molar-refractivity contribution in [3.05, 3.63) is 72.1 Å². The number of aromatic amines is 2. The van der Waals surface area contributed by atoms with E-state index in [1.54, 1.807) is 0 Å². The first-order chi connectivity index (χ1) is 23.3. The van der Waals surface area contributed by atoms with Gasteiger partial charge in [0.15, 0.2) is 0 Å². The highest BCUT2D eigenvalue weighted by molar-refractivity contribution is 5.95. The number of fused-ring (bicyclic) bond motifs is 2. The number of carbonyl (C=O) groups is 4. The number of imide groups is 2. The standard InChI is InChI=1S/C36H48N6O6/c43-33(41-35(45)46)31(21-25-23-39-29-17-11-9-15-27(25)29)37-19-13-7-5-3-1-2-4-6-8-14-20-38-32(34(44)42-36(47)48)22-26-24-40-30-18-12-10-16-28(26)30/h9-12,15-18,23-24,31-32,37-40H,1-8,13-14,19-22H2,(H,41,43)(H,42,44)(H,45,46)(H,47,48). The van der Waals surface area contributed by atoms with Gasteiger partial charge >= 0.3 is 12.2 Å². The summed E-state index contributed by atoms with van der Waals surface area (Å²) in [5.74, 6) is -1.09. The van der Waals surface area contributed by atoms with Crippen LogP contribution in [0.3, 0.4) is 0 Å². The number of hydrogen-bond donors (Lipinski definition) is 8. The summed E-state index contributed by atoms with van der Waals surface area (Å²) in [6, 6.07) is 14.4. The number of unbranched alkanes of at least 4 members (excludes halogenated alkanes) is 9. The van der Waals surface area contributed by atoms with Gasteiger partial charge in [-0.3, -0.25) is 20.2 Å². The van der Waals surface area contributed by atoms with E-state index in [-0.39, 0.29) is 0 Å². The van der Waals surface area contributed by atoms with Crippen molar-refractivity contribution in [2.24, 2.45) is 0 Å². The van der Waals surface area contributed by atoms with Gasteiger partial charge in [0.05, 0.1) is 12.1 Å². The molecule has 2 heterocycles. The van der Waals surface area contributed by atoms with Gasteiger partial charge in [0.2, 0.25) is 11.8 Å². The van der Waals surface area contributed by atoms with E-state index >= 15 is 0 Å². The molecule has 4 amide bonds. The molecule has 8 N–H and O–H groups in total. The molecule has 0 spiro atoms. The SMILES string of the molecule is O=C(O)NC(=O)C(Cc1c[nH]c2ccccc12)NCCCCCCCCCCCCNC(Cc1c[nH]c2ccccc12)C(=O)NC(=O)O. The van der Waals surface area contributed by atoms with Crippen LogP contribution < -0.4 is 21.3 Å². The number of hydrogen-bond acceptors (Lipinski definition) is 6. The molecule has 0 fully saturated rings. The number of nitrogens with one attached hydrogen (secondary N) is 6. The Kier molecular flexibility index (Phi) is 14.5. The number of benzene rings is 2. The third-order valence-electron chi connectivity index (χ3n) is 8.68. The highest BCUT2D eigenvalue weighted by atomic mass is 16.4. The summed E-state index contributed by atoms with van der Waals surface area (Å²) in [6.07, 6.45) is 12.6. The summed E-state index contributed by atoms with van der Waals surface area (Å²) in [5.41, 5.74) is 3.89. The van der Waals surface area contributed by atoms with Gasteiger partial charge in [-0.05, 0) is 62.0 Å². The fraction of sp³-hybridized carbons (Fsp3) is 0.444. The lowest BCUT2D eigenvalue weighted by Gasteiger charge is -2.17. The minimum atomic E-state index is -1.35. The van der Waals surface area contributed by atoms with Crippen LogP contribution in [0.25, 0.3) is 21.8 Å². The van der Waals surface area contributed by atoms with E-state index in [0.717, 1.165) is 97.1 Å². The molecular formula is C36H48N6O6. The van der Waals surface area contributed by atoms with Gasteiger partial charge in [-0.25, -0.2) is 9.59 Å². The van der Waals surface area contributed by atoms with Gasteiger partial charge in [0, 0.05) is 34.2 Å². The quantitative estimate of drug-likeness (QED) is 0.0512. The van der Waals surface area contributed by atoms with E-state index in [1.165, 1.54) is 0 Å². The normalized spacial score (nSPS) is 12.6. The Balaban J connectivity index is 1.05. The number of rotatable bonds is 21. The molecule has 0 aliphatic rings. The largest absolute Gasteiger partial charge is 0.465 e. The van der Waals surface area contributed by atoms with Crippen LogP contribution in [0, 0.1) is 0 Å². The highest BCUT2D eigenvalue weighted by Gasteiger charge is 2.23. The third-order valence-corrected chi connectivity index (χ3v) is 8.68. The number of para-hydroxylation sites is 2. The number of aromatic nitrogens is 2. The molecule has 2 unspecified atom stereocenters. The molecule has 4 aromatic rings. The summed E-state index contributed by atoms with van der Waals surface area (Å²) < 4.78 is 0. The van der Waals surface area contributed by atoms with Crippen LogP contribution in [-0.2, 0) is 22.4 Å². The van der Waals surface area contributed by atoms with Gasteiger partial charge in [0.1, 0.15) is 0 Å². The minimum absolute atomic E-state index is 0.394. The Morgan fingerprint density at radius 2 is 0.896 bits per heavy atom. The maximum Gasteiger partial charge on any atom is 0.411 e. The van der Waals surface area contributed by atoms with Crippen LogP contribution in [0.1, 0.15) is 75.3 Å². The zero-order chi connectivity index (χ0) is 34.1. The van der Waals surface area contributed by atoms with Gasteiger partial charge in [-0.2, -0.15) is 0 Å². The second-order valence-electron chi connectivity index (χ2n) is 12.3. The monoisotopic (exact) mass is 660 g/mol. The number of carbonyl (C=O) groups excluding carboxylic acids is 2. The van der Waals surface area contributed by atoms with Gasteiger partial charge in [-0.15, -0.1) is 0 Å². The summed E-state index contributed by atoms with van der Waals surface area (Å²) in [4.78, 5) is 53.7. The van der Waals surface area contributed by atoms with Crippen LogP contribution in [-0.4, -0.2) is 69.4 Å². The molecule has 4 rings (SSSR count). The van der Waals surface area contributed by atoms with Crippen molar-refractivity contribution in [1.82, 2.24) is 31.2 Å². The molecule has 0 saturated carbocycles. The zero-order valence-electron chi connectivity index (χ0n) is 27.4. The smallest absolute Gasteiger partial charge is 0.411 e. The molecule has 0 bridgehead atoms.